The Balaban J connectivity index is 1.37. The fourth-order valence-electron chi connectivity index (χ4n) is 4.49. The van der Waals surface area contributed by atoms with Gasteiger partial charge < -0.3 is 9.64 Å². The van der Waals surface area contributed by atoms with Crippen molar-refractivity contribution in [1.29, 1.82) is 0 Å². The van der Waals surface area contributed by atoms with Gasteiger partial charge in [-0.2, -0.15) is 0 Å². The highest BCUT2D eigenvalue weighted by molar-refractivity contribution is 6.30. The van der Waals surface area contributed by atoms with Crippen molar-refractivity contribution in [2.75, 3.05) is 26.2 Å². The first-order chi connectivity index (χ1) is 15.2. The first-order valence-electron chi connectivity index (χ1n) is 10.5. The molecule has 5 rings (SSSR count). The molecule has 1 fully saturated rings. The quantitative estimate of drug-likeness (QED) is 0.606. The van der Waals surface area contributed by atoms with E-state index < -0.39 is 0 Å². The predicted molar refractivity (Wildman–Crippen MR) is 118 cm³/mol. The Hall–Kier alpha value is -2.96. The molecule has 2 aliphatic rings. The molecule has 0 saturated carbocycles. The second-order valence-corrected chi connectivity index (χ2v) is 8.31. The molecule has 1 saturated heterocycles. The van der Waals surface area contributed by atoms with Gasteiger partial charge in [-0.25, -0.2) is 4.79 Å². The van der Waals surface area contributed by atoms with Crippen LogP contribution in [0, 0.1) is 0 Å². The van der Waals surface area contributed by atoms with Gasteiger partial charge in [0, 0.05) is 43.6 Å². The van der Waals surface area contributed by atoms with Gasteiger partial charge in [0.1, 0.15) is 0 Å². The number of carbonyl (C=O) groups is 1. The summed E-state index contributed by atoms with van der Waals surface area (Å²) in [5.41, 5.74) is 4.91. The van der Waals surface area contributed by atoms with E-state index in [9.17, 15) is 4.79 Å². The summed E-state index contributed by atoms with van der Waals surface area (Å²) in [5, 5.41) is 0.763. The Morgan fingerprint density at radius 3 is 2.61 bits per heavy atom. The minimum Gasteiger partial charge on any atom is -0.409 e. The zero-order chi connectivity index (χ0) is 21.2. The van der Waals surface area contributed by atoms with Gasteiger partial charge >= 0.3 is 6.09 Å². The summed E-state index contributed by atoms with van der Waals surface area (Å²) in [5.74, 6) is 0.461. The number of benzene rings is 1. The summed E-state index contributed by atoms with van der Waals surface area (Å²) >= 11 is 6.30. The molecule has 0 unspecified atom stereocenters. The Bertz CT molecular complexity index is 1080. The summed E-state index contributed by atoms with van der Waals surface area (Å²) < 4.78 is 5.46. The van der Waals surface area contributed by atoms with E-state index in [1.54, 1.807) is 29.4 Å². The summed E-state index contributed by atoms with van der Waals surface area (Å²) in [7, 11) is 0. The van der Waals surface area contributed by atoms with Crippen LogP contribution in [0.1, 0.15) is 28.4 Å². The van der Waals surface area contributed by atoms with Crippen molar-refractivity contribution < 1.29 is 9.53 Å². The molecule has 0 radical (unpaired) electrons. The lowest BCUT2D eigenvalue weighted by molar-refractivity contribution is 0.0964. The van der Waals surface area contributed by atoms with E-state index in [4.69, 9.17) is 21.3 Å². The molecule has 1 atom stereocenters. The lowest BCUT2D eigenvalue weighted by atomic mass is 9.96. The first kappa shape index (κ1) is 20.0. The summed E-state index contributed by atoms with van der Waals surface area (Å²) in [4.78, 5) is 25.5. The Labute approximate surface area is 186 Å². The van der Waals surface area contributed by atoms with Gasteiger partial charge in [0.2, 0.25) is 0 Å². The molecule has 0 bridgehead atoms. The average molecular weight is 435 g/mol. The van der Waals surface area contributed by atoms with Crippen LogP contribution >= 0.6 is 11.6 Å². The number of aryl methyl sites for hydroxylation is 2. The van der Waals surface area contributed by atoms with Crippen molar-refractivity contribution in [2.45, 2.75) is 18.9 Å². The third-order valence-corrected chi connectivity index (χ3v) is 6.26. The standard InChI is InChI=1S/C24H23ClN4O2/c25-19-7-8-21-18(15-19)6-5-17-3-1-10-27-22(17)23(21)28-11-13-29(14-12-28)24(30)31-20-4-2-9-26-16-20/h1-4,7-10,15-16,23H,5-6,11-14H2/t23-/m1/s1. The number of hydrogen-bond acceptors (Lipinski definition) is 5. The van der Waals surface area contributed by atoms with Gasteiger partial charge in [0.25, 0.3) is 0 Å². The molecule has 3 heterocycles. The number of piperazine rings is 1. The third kappa shape index (κ3) is 4.13. The molecule has 1 aliphatic heterocycles. The third-order valence-electron chi connectivity index (χ3n) is 6.03. The topological polar surface area (TPSA) is 58.6 Å². The molecule has 1 aliphatic carbocycles. The first-order valence-corrected chi connectivity index (χ1v) is 10.9. The molecule has 3 aromatic rings. The van der Waals surface area contributed by atoms with Gasteiger partial charge in [-0.15, -0.1) is 0 Å². The van der Waals surface area contributed by atoms with Crippen LogP contribution in [0.3, 0.4) is 0 Å². The number of hydrogen-bond donors (Lipinski definition) is 0. The van der Waals surface area contributed by atoms with Crippen molar-refractivity contribution >= 4 is 17.7 Å². The number of nitrogens with zero attached hydrogens (tertiary/aromatic N) is 4. The molecule has 7 heteroatoms. The maximum atomic E-state index is 12.6. The zero-order valence-corrected chi connectivity index (χ0v) is 17.8. The maximum Gasteiger partial charge on any atom is 0.415 e. The van der Waals surface area contributed by atoms with Crippen molar-refractivity contribution in [3.05, 3.63) is 88.5 Å². The zero-order valence-electron chi connectivity index (χ0n) is 17.1. The predicted octanol–water partition coefficient (Wildman–Crippen LogP) is 4.13. The maximum absolute atomic E-state index is 12.6. The van der Waals surface area contributed by atoms with Crippen LogP contribution in [-0.2, 0) is 12.8 Å². The van der Waals surface area contributed by atoms with Crippen LogP contribution in [0.5, 0.6) is 5.75 Å². The van der Waals surface area contributed by atoms with E-state index in [-0.39, 0.29) is 12.1 Å². The number of amides is 1. The lowest BCUT2D eigenvalue weighted by Crippen LogP contribution is -2.50. The fourth-order valence-corrected chi connectivity index (χ4v) is 4.68. The number of halogens is 1. The molecular formula is C24H23ClN4O2. The van der Waals surface area contributed by atoms with E-state index >= 15 is 0 Å². The Kier molecular flexibility index (Phi) is 5.57. The molecule has 31 heavy (non-hydrogen) atoms. The lowest BCUT2D eigenvalue weighted by Gasteiger charge is -2.39. The number of carbonyl (C=O) groups excluding carboxylic acids is 1. The van der Waals surface area contributed by atoms with Crippen LogP contribution in [0.4, 0.5) is 4.79 Å². The molecule has 158 valence electrons. The SMILES string of the molecule is O=C(Oc1cccnc1)N1CCN([C@@H]2c3ccc(Cl)cc3CCc3cccnc32)CC1. The van der Waals surface area contributed by atoms with Gasteiger partial charge in [0.15, 0.2) is 5.75 Å². The van der Waals surface area contributed by atoms with Crippen molar-refractivity contribution in [2.24, 2.45) is 0 Å². The highest BCUT2D eigenvalue weighted by Gasteiger charge is 2.33. The molecule has 6 nitrogen and oxygen atoms in total. The van der Waals surface area contributed by atoms with Crippen LogP contribution in [0.2, 0.25) is 5.02 Å². The number of ether oxygens (including phenoxy) is 1. The van der Waals surface area contributed by atoms with Crippen molar-refractivity contribution in [1.82, 2.24) is 19.8 Å². The van der Waals surface area contributed by atoms with Crippen LogP contribution < -0.4 is 4.74 Å². The van der Waals surface area contributed by atoms with E-state index in [1.807, 2.05) is 18.3 Å². The highest BCUT2D eigenvalue weighted by Crippen LogP contribution is 2.37. The number of fused-ring (bicyclic) bond motifs is 2. The van der Waals surface area contributed by atoms with E-state index in [2.05, 4.69) is 28.1 Å². The van der Waals surface area contributed by atoms with Gasteiger partial charge in [0.05, 0.1) is 17.9 Å². The second kappa shape index (κ2) is 8.65. The smallest absolute Gasteiger partial charge is 0.409 e. The van der Waals surface area contributed by atoms with Crippen LogP contribution in [-0.4, -0.2) is 52.0 Å². The molecule has 1 aromatic carbocycles. The van der Waals surface area contributed by atoms with E-state index in [1.165, 1.54) is 16.7 Å². The number of rotatable bonds is 2. The normalized spacial score (nSPS) is 18.6. The highest BCUT2D eigenvalue weighted by atomic mass is 35.5. The molecule has 1 amide bonds. The monoisotopic (exact) mass is 434 g/mol. The second-order valence-electron chi connectivity index (χ2n) is 7.87. The molecular weight excluding hydrogens is 412 g/mol. The minimum absolute atomic E-state index is 0.0578. The Morgan fingerprint density at radius 1 is 1.00 bits per heavy atom. The van der Waals surface area contributed by atoms with Crippen LogP contribution in [0.25, 0.3) is 0 Å². The van der Waals surface area contributed by atoms with E-state index in [0.717, 1.165) is 36.6 Å². The number of pyridine rings is 2. The van der Waals surface area contributed by atoms with Gasteiger partial charge in [-0.3, -0.25) is 14.9 Å². The van der Waals surface area contributed by atoms with Gasteiger partial charge in [-0.05, 0) is 59.9 Å². The van der Waals surface area contributed by atoms with Crippen LogP contribution in [0.15, 0.2) is 61.1 Å². The van der Waals surface area contributed by atoms with Crippen molar-refractivity contribution in [3.8, 4) is 5.75 Å². The molecule has 0 spiro atoms. The number of aromatic nitrogens is 2. The molecule has 2 aromatic heterocycles. The van der Waals surface area contributed by atoms with Crippen molar-refractivity contribution in [3.63, 3.8) is 0 Å². The van der Waals surface area contributed by atoms with Gasteiger partial charge in [-0.1, -0.05) is 23.7 Å². The fraction of sp³-hybridized carbons (Fsp3) is 0.292. The Morgan fingerprint density at radius 2 is 1.81 bits per heavy atom. The van der Waals surface area contributed by atoms with E-state index in [0.29, 0.717) is 18.8 Å². The summed E-state index contributed by atoms with van der Waals surface area (Å²) in [6.07, 6.45) is 6.63. The largest absolute Gasteiger partial charge is 0.415 e. The summed E-state index contributed by atoms with van der Waals surface area (Å²) in [6, 6.07) is 13.9. The molecule has 0 N–H and O–H groups in total. The average Bonchev–Trinajstić information content (AvgIpc) is 2.96. The minimum atomic E-state index is -0.334. The summed E-state index contributed by atoms with van der Waals surface area (Å²) in [6.45, 7) is 2.68.